The van der Waals surface area contributed by atoms with Crippen LogP contribution < -0.4 is 10.6 Å². The normalized spacial score (nSPS) is 10.6. The van der Waals surface area contributed by atoms with Gasteiger partial charge in [0.25, 0.3) is 5.76 Å². The lowest BCUT2D eigenvalue weighted by atomic mass is 10.1. The molecule has 0 aromatic heterocycles. The van der Waals surface area contributed by atoms with E-state index in [9.17, 15) is 8.78 Å². The number of thioether (sulfide) groups is 1. The molecule has 0 bridgehead atoms. The molecule has 0 atom stereocenters. The summed E-state index contributed by atoms with van der Waals surface area (Å²) in [5.74, 6) is -2.41. The highest BCUT2D eigenvalue weighted by Gasteiger charge is 2.05. The number of halogens is 3. The summed E-state index contributed by atoms with van der Waals surface area (Å²) in [7, 11) is 0. The highest BCUT2D eigenvalue weighted by Crippen LogP contribution is 2.26. The number of nitrogens with one attached hydrogen (secondary N) is 2. The first-order valence-corrected chi connectivity index (χ1v) is 8.54. The molecule has 0 radical (unpaired) electrons. The summed E-state index contributed by atoms with van der Waals surface area (Å²) in [6.45, 7) is 0.687. The second-order valence-electron chi connectivity index (χ2n) is 4.66. The second kappa shape index (κ2) is 9.05. The maximum absolute atomic E-state index is 12.2. The van der Waals surface area contributed by atoms with E-state index in [1.165, 1.54) is 0 Å². The Morgan fingerprint density at radius 3 is 2.35 bits per heavy atom. The number of benzene rings is 2. The van der Waals surface area contributed by atoms with Gasteiger partial charge in [0.05, 0.1) is 0 Å². The quantitative estimate of drug-likeness (QED) is 0.538. The number of hydrogen-bond acceptors (Lipinski definition) is 2. The molecule has 2 N–H and O–H groups in total. The van der Waals surface area contributed by atoms with Gasteiger partial charge in [0.15, 0.2) is 5.11 Å². The average Bonchev–Trinajstić information content (AvgIpc) is 2.51. The summed E-state index contributed by atoms with van der Waals surface area (Å²) in [6, 6.07) is 14.4. The van der Waals surface area contributed by atoms with Gasteiger partial charge in [-0.15, -0.1) is 0 Å². The van der Waals surface area contributed by atoms with Crippen molar-refractivity contribution >= 4 is 46.4 Å². The van der Waals surface area contributed by atoms with Gasteiger partial charge in [0.2, 0.25) is 0 Å². The highest BCUT2D eigenvalue weighted by molar-refractivity contribution is 7.99. The molecule has 0 unspecified atom stereocenters. The van der Waals surface area contributed by atoms with Crippen molar-refractivity contribution in [3.63, 3.8) is 0 Å². The van der Waals surface area contributed by atoms with Crippen LogP contribution in [0.4, 0.5) is 14.5 Å². The van der Waals surface area contributed by atoms with E-state index in [0.29, 0.717) is 33.3 Å². The smallest absolute Gasteiger partial charge is 0.288 e. The predicted octanol–water partition coefficient (Wildman–Crippen LogP) is 5.18. The molecule has 2 rings (SSSR count). The van der Waals surface area contributed by atoms with Crippen LogP contribution in [0.3, 0.4) is 0 Å². The van der Waals surface area contributed by atoms with E-state index in [1.807, 2.05) is 24.3 Å². The fourth-order valence-electron chi connectivity index (χ4n) is 1.87. The molecule has 2 nitrogen and oxygen atoms in total. The number of anilines is 1. The minimum absolute atomic E-state index is 0.494. The molecule has 0 saturated carbocycles. The van der Waals surface area contributed by atoms with Crippen molar-refractivity contribution in [2.75, 3.05) is 11.9 Å². The maximum Gasteiger partial charge on any atom is 0.288 e. The summed E-state index contributed by atoms with van der Waals surface area (Å²) < 4.78 is 24.5. The van der Waals surface area contributed by atoms with Gasteiger partial charge < -0.3 is 10.6 Å². The summed E-state index contributed by atoms with van der Waals surface area (Å²) in [5, 5.41) is 7.33. The molecule has 2 aromatic rings. The van der Waals surface area contributed by atoms with Gasteiger partial charge >= 0.3 is 0 Å². The van der Waals surface area contributed by atoms with Crippen LogP contribution in [0.25, 0.3) is 0 Å². The van der Waals surface area contributed by atoms with Crippen molar-refractivity contribution in [1.29, 1.82) is 0 Å². The molecule has 0 saturated heterocycles. The van der Waals surface area contributed by atoms with Crippen LogP contribution in [-0.2, 0) is 6.42 Å². The fraction of sp³-hybridized carbons (Fsp3) is 0.188. The zero-order chi connectivity index (χ0) is 16.7. The number of hydrogen-bond donors (Lipinski definition) is 2. The van der Waals surface area contributed by atoms with Gasteiger partial charge in [0.1, 0.15) is 0 Å². The van der Waals surface area contributed by atoms with Crippen molar-refractivity contribution < 1.29 is 8.78 Å². The lowest BCUT2D eigenvalue weighted by molar-refractivity contribution is 0.252. The van der Waals surface area contributed by atoms with Crippen LogP contribution >= 0.6 is 35.6 Å². The predicted molar refractivity (Wildman–Crippen MR) is 97.7 cm³/mol. The molecule has 0 aliphatic carbocycles. The molecule has 0 fully saturated rings. The summed E-state index contributed by atoms with van der Waals surface area (Å²) in [6.07, 6.45) is 0.822. The molecule has 2 aromatic carbocycles. The van der Waals surface area contributed by atoms with E-state index in [-0.39, 0.29) is 0 Å². The van der Waals surface area contributed by atoms with Crippen molar-refractivity contribution in [2.45, 2.75) is 17.1 Å². The van der Waals surface area contributed by atoms with Crippen molar-refractivity contribution in [2.24, 2.45) is 0 Å². The summed E-state index contributed by atoms with van der Waals surface area (Å²) in [5.41, 5.74) is 1.92. The minimum atomic E-state index is -2.41. The van der Waals surface area contributed by atoms with Crippen LogP contribution in [0.15, 0.2) is 53.4 Å². The average molecular weight is 373 g/mol. The Hall–Kier alpha value is -1.37. The van der Waals surface area contributed by atoms with Crippen LogP contribution in [0.1, 0.15) is 5.56 Å². The molecular weight excluding hydrogens is 358 g/mol. The van der Waals surface area contributed by atoms with Crippen molar-refractivity contribution in [1.82, 2.24) is 5.32 Å². The van der Waals surface area contributed by atoms with E-state index >= 15 is 0 Å². The number of thiocarbonyl (C=S) groups is 1. The van der Waals surface area contributed by atoms with E-state index in [1.54, 1.807) is 24.3 Å². The molecule has 0 spiro atoms. The molecule has 0 heterocycles. The van der Waals surface area contributed by atoms with Crippen LogP contribution in [0.5, 0.6) is 0 Å². The van der Waals surface area contributed by atoms with E-state index in [4.69, 9.17) is 23.8 Å². The zero-order valence-electron chi connectivity index (χ0n) is 12.1. The SMILES string of the molecule is FC(F)Sc1ccc(NC(=S)NCCc2ccc(Cl)cc2)cc1. The highest BCUT2D eigenvalue weighted by atomic mass is 35.5. The number of rotatable bonds is 6. The first-order valence-electron chi connectivity index (χ1n) is 6.87. The Morgan fingerprint density at radius 2 is 1.74 bits per heavy atom. The largest absolute Gasteiger partial charge is 0.362 e. The topological polar surface area (TPSA) is 24.1 Å². The molecule has 23 heavy (non-hydrogen) atoms. The molecule has 0 aliphatic heterocycles. The van der Waals surface area contributed by atoms with Gasteiger partial charge in [-0.1, -0.05) is 35.5 Å². The Bertz CT molecular complexity index is 634. The second-order valence-corrected chi connectivity index (χ2v) is 6.57. The third-order valence-electron chi connectivity index (χ3n) is 2.95. The standard InChI is InChI=1S/C16H15ClF2N2S2/c17-12-3-1-11(2-4-12)9-10-20-16(22)21-13-5-7-14(8-6-13)23-15(18)19/h1-8,15H,9-10H2,(H2,20,21,22). The maximum atomic E-state index is 12.2. The van der Waals surface area contributed by atoms with E-state index < -0.39 is 5.76 Å². The molecule has 122 valence electrons. The van der Waals surface area contributed by atoms with Crippen molar-refractivity contribution in [3.8, 4) is 0 Å². The zero-order valence-corrected chi connectivity index (χ0v) is 14.4. The summed E-state index contributed by atoms with van der Waals surface area (Å²) >= 11 is 11.6. The van der Waals surface area contributed by atoms with Crippen molar-refractivity contribution in [3.05, 3.63) is 59.1 Å². The van der Waals surface area contributed by atoms with Crippen LogP contribution in [-0.4, -0.2) is 17.4 Å². The van der Waals surface area contributed by atoms with Crippen LogP contribution in [0, 0.1) is 0 Å². The third kappa shape index (κ3) is 6.72. The monoisotopic (exact) mass is 372 g/mol. The molecule has 0 aliphatic rings. The van der Waals surface area contributed by atoms with Gasteiger partial charge in [-0.2, -0.15) is 8.78 Å². The van der Waals surface area contributed by atoms with Gasteiger partial charge in [-0.25, -0.2) is 0 Å². The lowest BCUT2D eigenvalue weighted by Gasteiger charge is -2.11. The van der Waals surface area contributed by atoms with E-state index in [2.05, 4.69) is 10.6 Å². The fourth-order valence-corrected chi connectivity index (χ4v) is 2.71. The Balaban J connectivity index is 1.75. The third-order valence-corrected chi connectivity index (χ3v) is 4.17. The molecule has 0 amide bonds. The summed E-state index contributed by atoms with van der Waals surface area (Å²) in [4.78, 5) is 0.521. The Kier molecular flexibility index (Phi) is 7.08. The van der Waals surface area contributed by atoms with Gasteiger partial charge in [-0.05, 0) is 60.6 Å². The first kappa shape index (κ1) is 18.0. The Labute approximate surface area is 148 Å². The Morgan fingerprint density at radius 1 is 1.09 bits per heavy atom. The van der Waals surface area contributed by atoms with E-state index in [0.717, 1.165) is 17.7 Å². The minimum Gasteiger partial charge on any atom is -0.362 e. The molecular formula is C16H15ClF2N2S2. The van der Waals surface area contributed by atoms with Gasteiger partial charge in [-0.3, -0.25) is 0 Å². The van der Waals surface area contributed by atoms with Crippen LogP contribution in [0.2, 0.25) is 5.02 Å². The first-order chi connectivity index (χ1) is 11.0. The van der Waals surface area contributed by atoms with Gasteiger partial charge in [0, 0.05) is 22.2 Å². The molecule has 7 heteroatoms. The number of alkyl halides is 2. The lowest BCUT2D eigenvalue weighted by Crippen LogP contribution is -2.30.